The molecule has 1 saturated heterocycles. The number of nitrogens with zero attached hydrogens (tertiary/aromatic N) is 2. The summed E-state index contributed by atoms with van der Waals surface area (Å²) in [5.41, 5.74) is 5.25. The Kier molecular flexibility index (Phi) is 11.6. The van der Waals surface area contributed by atoms with Crippen LogP contribution in [0, 0.1) is 0 Å². The molecule has 1 heterocycles. The molecule has 154 valence electrons. The van der Waals surface area contributed by atoms with Crippen LogP contribution in [-0.2, 0) is 28.8 Å². The molecule has 1 aliphatic rings. The fourth-order valence-corrected chi connectivity index (χ4v) is 2.21. The fourth-order valence-electron chi connectivity index (χ4n) is 2.21. The topological polar surface area (TPSA) is 139 Å². The molecule has 3 N–H and O–H groups in total. The van der Waals surface area contributed by atoms with Gasteiger partial charge < -0.3 is 15.9 Å². The van der Waals surface area contributed by atoms with E-state index in [1.165, 1.54) is 6.92 Å². The number of carbonyl (C=O) groups excluding carboxylic acids is 5. The molecule has 1 fully saturated rings. The first kappa shape index (κ1) is 24.5. The second kappa shape index (κ2) is 12.8. The smallest absolute Gasteiger partial charge is 0.332 e. The summed E-state index contributed by atoms with van der Waals surface area (Å²) in [6.07, 6.45) is 2.91. The van der Waals surface area contributed by atoms with Crippen molar-refractivity contribution in [2.24, 2.45) is 5.73 Å². The molecule has 0 saturated carbocycles. The molecule has 0 bridgehead atoms. The van der Waals surface area contributed by atoms with Gasteiger partial charge >= 0.3 is 5.97 Å². The summed E-state index contributed by atoms with van der Waals surface area (Å²) in [5.74, 6) is -1.77. The van der Waals surface area contributed by atoms with Crippen molar-refractivity contribution in [3.05, 3.63) is 0 Å². The number of likely N-dealkylation sites (N-methyl/N-ethyl adjacent to an activating group) is 1. The van der Waals surface area contributed by atoms with Gasteiger partial charge in [0.05, 0.1) is 6.04 Å². The van der Waals surface area contributed by atoms with Gasteiger partial charge in [0.25, 0.3) is 11.8 Å². The van der Waals surface area contributed by atoms with Crippen molar-refractivity contribution in [2.75, 3.05) is 20.6 Å². The molecule has 1 aliphatic heterocycles. The molecule has 1 rings (SSSR count). The molecular formula is C17H30N4O6. The van der Waals surface area contributed by atoms with E-state index in [-0.39, 0.29) is 37.1 Å². The van der Waals surface area contributed by atoms with Crippen LogP contribution in [0.5, 0.6) is 0 Å². The molecule has 0 aliphatic carbocycles. The number of hydrogen-bond acceptors (Lipinski definition) is 7. The molecule has 0 aromatic heterocycles. The lowest BCUT2D eigenvalue weighted by Crippen LogP contribution is -2.40. The highest BCUT2D eigenvalue weighted by Gasteiger charge is 2.32. The van der Waals surface area contributed by atoms with E-state index in [1.54, 1.807) is 6.92 Å². The van der Waals surface area contributed by atoms with Crippen LogP contribution < -0.4 is 11.1 Å². The molecule has 4 amide bonds. The second-order valence-electron chi connectivity index (χ2n) is 6.26. The number of hydroxylamine groups is 2. The van der Waals surface area contributed by atoms with E-state index < -0.39 is 17.8 Å². The number of nitrogens with one attached hydrogen (secondary N) is 1. The molecule has 10 heteroatoms. The Labute approximate surface area is 159 Å². The normalized spacial score (nSPS) is 14.5. The summed E-state index contributed by atoms with van der Waals surface area (Å²) >= 11 is 0. The summed E-state index contributed by atoms with van der Waals surface area (Å²) in [4.78, 5) is 60.3. The van der Waals surface area contributed by atoms with Gasteiger partial charge in [0.1, 0.15) is 0 Å². The number of primary amides is 1. The van der Waals surface area contributed by atoms with Crippen LogP contribution in [0.4, 0.5) is 0 Å². The summed E-state index contributed by atoms with van der Waals surface area (Å²) in [7, 11) is 3.67. The maximum atomic E-state index is 11.0. The zero-order valence-electron chi connectivity index (χ0n) is 16.4. The zero-order chi connectivity index (χ0) is 21.0. The minimum atomic E-state index is -0.571. The van der Waals surface area contributed by atoms with Crippen molar-refractivity contribution in [3.63, 3.8) is 0 Å². The molecule has 0 radical (unpaired) electrons. The average Bonchev–Trinajstić information content (AvgIpc) is 2.89. The van der Waals surface area contributed by atoms with Gasteiger partial charge in [-0.3, -0.25) is 24.1 Å². The van der Waals surface area contributed by atoms with E-state index in [2.05, 4.69) is 10.2 Å². The van der Waals surface area contributed by atoms with Crippen molar-refractivity contribution in [1.29, 1.82) is 0 Å². The molecule has 0 spiro atoms. The van der Waals surface area contributed by atoms with Crippen LogP contribution in [0.2, 0.25) is 0 Å². The lowest BCUT2D eigenvalue weighted by Gasteiger charge is -2.20. The third-order valence-corrected chi connectivity index (χ3v) is 3.72. The Morgan fingerprint density at radius 1 is 1.19 bits per heavy atom. The first-order valence-corrected chi connectivity index (χ1v) is 8.86. The first-order chi connectivity index (χ1) is 12.6. The average molecular weight is 390 g/mol. The maximum absolute atomic E-state index is 11.0. The van der Waals surface area contributed by atoms with Crippen LogP contribution in [0.25, 0.3) is 0 Å². The van der Waals surface area contributed by atoms with Gasteiger partial charge in [0, 0.05) is 32.7 Å². The van der Waals surface area contributed by atoms with Gasteiger partial charge in [0.2, 0.25) is 11.8 Å². The Bertz CT molecular complexity index is 534. The third kappa shape index (κ3) is 10.3. The van der Waals surface area contributed by atoms with Gasteiger partial charge in [-0.25, -0.2) is 4.79 Å². The Morgan fingerprint density at radius 2 is 1.74 bits per heavy atom. The second-order valence-corrected chi connectivity index (χ2v) is 6.26. The minimum absolute atomic E-state index is 0.0194. The highest BCUT2D eigenvalue weighted by Crippen LogP contribution is 2.12. The Hall–Kier alpha value is -2.49. The number of carbonyl (C=O) groups is 5. The standard InChI is InChI=1S/C10H21N3O2.C7H9NO4/c1-8(14)12-7-5-4-6-9(10(11)15)13(2)3;1-2-7(11)12-8-5(9)3-4-6(8)10/h9H,4-7H2,1-3H3,(H2,11,15)(H,12,14);2-4H2,1H3/i7+1,11+1,13+1;1+1. The lowest BCUT2D eigenvalue weighted by molar-refractivity contribution is -0.197. The van der Waals surface area contributed by atoms with Crippen molar-refractivity contribution in [3.8, 4) is 0 Å². The number of rotatable bonds is 9. The summed E-state index contributed by atoms with van der Waals surface area (Å²) < 4.78 is 0. The minimum Gasteiger partial charge on any atom is -0.368 e. The number of amides is 4. The predicted molar refractivity (Wildman–Crippen MR) is 96.7 cm³/mol. The predicted octanol–water partition coefficient (Wildman–Crippen LogP) is -0.288. The zero-order valence-corrected chi connectivity index (χ0v) is 16.4. The highest BCUT2D eigenvalue weighted by atomic mass is 16.7. The summed E-state index contributed by atoms with van der Waals surface area (Å²) in [6, 6.07) is -0.206. The van der Waals surface area contributed by atoms with E-state index in [9.17, 15) is 24.0 Å². The quantitative estimate of drug-likeness (QED) is 0.239. The molecular weight excluding hydrogens is 360 g/mol. The molecule has 0 aromatic carbocycles. The third-order valence-electron chi connectivity index (χ3n) is 3.72. The van der Waals surface area contributed by atoms with E-state index >= 15 is 0 Å². The van der Waals surface area contributed by atoms with Gasteiger partial charge in [-0.15, -0.1) is 5.06 Å². The van der Waals surface area contributed by atoms with Crippen molar-refractivity contribution >= 4 is 29.6 Å². The molecule has 27 heavy (non-hydrogen) atoms. The fraction of sp³-hybridized carbons (Fsp3) is 0.706. The van der Waals surface area contributed by atoms with E-state index in [1.807, 2.05) is 19.0 Å². The van der Waals surface area contributed by atoms with Crippen molar-refractivity contribution in [2.45, 2.75) is 58.4 Å². The summed E-state index contributed by atoms with van der Waals surface area (Å²) in [5, 5.41) is 3.26. The summed E-state index contributed by atoms with van der Waals surface area (Å²) in [6.45, 7) is 3.74. The van der Waals surface area contributed by atoms with Crippen LogP contribution in [-0.4, -0.2) is 66.2 Å². The van der Waals surface area contributed by atoms with Gasteiger partial charge in [-0.2, -0.15) is 0 Å². The molecule has 1 unspecified atom stereocenters. The number of imide groups is 1. The van der Waals surface area contributed by atoms with E-state index in [0.29, 0.717) is 11.6 Å². The van der Waals surface area contributed by atoms with Gasteiger partial charge in [0.15, 0.2) is 0 Å². The van der Waals surface area contributed by atoms with Crippen molar-refractivity contribution < 1.29 is 28.8 Å². The van der Waals surface area contributed by atoms with Gasteiger partial charge in [-0.05, 0) is 33.4 Å². The van der Waals surface area contributed by atoms with Gasteiger partial charge in [-0.1, -0.05) is 6.92 Å². The van der Waals surface area contributed by atoms with E-state index in [0.717, 1.165) is 19.3 Å². The first-order valence-electron chi connectivity index (χ1n) is 8.86. The number of hydrogen-bond donors (Lipinski definition) is 2. The maximum Gasteiger partial charge on any atom is 0.332 e. The van der Waals surface area contributed by atoms with Crippen molar-refractivity contribution in [1.82, 2.24) is 15.3 Å². The molecule has 10 nitrogen and oxygen atoms in total. The number of nitrogens with two attached hydrogens (primary N) is 1. The Balaban J connectivity index is 0.000000511. The van der Waals surface area contributed by atoms with Crippen LogP contribution >= 0.6 is 0 Å². The monoisotopic (exact) mass is 390 g/mol. The SMILES string of the molecule is CC(=O)N[13CH2]CCCC(C([15NH2])=O)[15N](C)C.[13CH3]CC(=O)ON1C(=O)CCC1=O. The lowest BCUT2D eigenvalue weighted by atomic mass is 10.1. The molecule has 1 atom stereocenters. The number of unbranched alkanes of at least 4 members (excludes halogenated alkanes) is 1. The van der Waals surface area contributed by atoms with E-state index in [4.69, 9.17) is 5.73 Å². The van der Waals surface area contributed by atoms with Crippen LogP contribution in [0.1, 0.15) is 52.4 Å². The van der Waals surface area contributed by atoms with Crippen LogP contribution in [0.3, 0.4) is 0 Å². The Morgan fingerprint density at radius 3 is 2.15 bits per heavy atom. The van der Waals surface area contributed by atoms with Crippen LogP contribution in [0.15, 0.2) is 0 Å². The highest BCUT2D eigenvalue weighted by molar-refractivity contribution is 6.01. The molecule has 0 aromatic rings. The largest absolute Gasteiger partial charge is 0.368 e.